The number of halogens is 2. The van der Waals surface area contributed by atoms with Crippen molar-refractivity contribution in [1.82, 2.24) is 9.80 Å². The smallest absolute Gasteiger partial charge is 0.410 e. The highest BCUT2D eigenvalue weighted by Crippen LogP contribution is 2.42. The lowest BCUT2D eigenvalue weighted by Crippen LogP contribution is -2.53. The van der Waals surface area contributed by atoms with E-state index in [1.54, 1.807) is 17.9 Å². The molecule has 160 valence electrons. The first-order valence-corrected chi connectivity index (χ1v) is 10.8. The van der Waals surface area contributed by atoms with E-state index in [-0.39, 0.29) is 24.1 Å². The van der Waals surface area contributed by atoms with Gasteiger partial charge in [0.25, 0.3) is 0 Å². The van der Waals surface area contributed by atoms with Gasteiger partial charge in [0.1, 0.15) is 5.60 Å². The molecule has 6 nitrogen and oxygen atoms in total. The van der Waals surface area contributed by atoms with Crippen molar-refractivity contribution in [2.45, 2.75) is 64.6 Å². The molecule has 1 N–H and O–H groups in total. The number of likely N-dealkylation sites (tertiary alicyclic amines) is 1. The first-order valence-electron chi connectivity index (χ1n) is 10.1. The highest BCUT2D eigenvalue weighted by molar-refractivity contribution is 6.36. The second-order valence-corrected chi connectivity index (χ2v) is 9.58. The molecule has 1 aromatic carbocycles. The maximum absolute atomic E-state index is 12.7. The van der Waals surface area contributed by atoms with Crippen LogP contribution in [0.4, 0.5) is 10.5 Å². The van der Waals surface area contributed by atoms with Crippen molar-refractivity contribution in [3.63, 3.8) is 0 Å². The number of anilines is 1. The molecule has 29 heavy (non-hydrogen) atoms. The molecule has 0 aliphatic carbocycles. The molecule has 2 atom stereocenters. The van der Waals surface area contributed by atoms with Gasteiger partial charge in [-0.2, -0.15) is 0 Å². The Balaban J connectivity index is 1.86. The fraction of sp³-hybridized carbons (Fsp3) is 0.619. The van der Waals surface area contributed by atoms with Crippen LogP contribution in [0.5, 0.6) is 0 Å². The van der Waals surface area contributed by atoms with Gasteiger partial charge in [0.05, 0.1) is 22.8 Å². The Hall–Kier alpha value is -1.66. The lowest BCUT2D eigenvalue weighted by molar-refractivity contribution is -0.135. The van der Waals surface area contributed by atoms with Gasteiger partial charge in [-0.25, -0.2) is 4.79 Å². The average Bonchev–Trinajstić information content (AvgIpc) is 2.61. The minimum atomic E-state index is -0.550. The van der Waals surface area contributed by atoms with E-state index in [0.29, 0.717) is 29.7 Å². The highest BCUT2D eigenvalue weighted by atomic mass is 35.5. The molecule has 3 rings (SSSR count). The van der Waals surface area contributed by atoms with Gasteiger partial charge in [0.15, 0.2) is 0 Å². The van der Waals surface area contributed by atoms with Gasteiger partial charge in [-0.05, 0) is 52.2 Å². The van der Waals surface area contributed by atoms with Crippen LogP contribution < -0.4 is 5.32 Å². The van der Waals surface area contributed by atoms with E-state index < -0.39 is 5.60 Å². The van der Waals surface area contributed by atoms with E-state index in [9.17, 15) is 9.59 Å². The number of carbonyl (C=O) groups excluding carboxylic acids is 2. The van der Waals surface area contributed by atoms with Crippen LogP contribution in [0.15, 0.2) is 12.1 Å². The molecule has 1 saturated heterocycles. The third-order valence-electron chi connectivity index (χ3n) is 5.31. The lowest BCUT2D eigenvalue weighted by Gasteiger charge is -2.44. The first kappa shape index (κ1) is 22.0. The maximum Gasteiger partial charge on any atom is 0.410 e. The summed E-state index contributed by atoms with van der Waals surface area (Å²) in [6.07, 6.45) is 2.09. The molecule has 0 bridgehead atoms. The summed E-state index contributed by atoms with van der Waals surface area (Å²) in [6, 6.07) is 3.37. The molecule has 0 aromatic heterocycles. The van der Waals surface area contributed by atoms with Crippen LogP contribution in [0.3, 0.4) is 0 Å². The third kappa shape index (κ3) is 5.10. The highest BCUT2D eigenvalue weighted by Gasteiger charge is 2.37. The number of piperidine rings is 1. The zero-order valence-electron chi connectivity index (χ0n) is 17.4. The summed E-state index contributed by atoms with van der Waals surface area (Å²) < 4.78 is 5.54. The summed E-state index contributed by atoms with van der Waals surface area (Å²) in [7, 11) is 0. The number of benzene rings is 1. The Kier molecular flexibility index (Phi) is 6.54. The SMILES string of the molecule is CC(=O)N(C1CCCN(C(=O)OC(C)(C)C)C1)C1CCNc2c(Cl)cc(Cl)cc21. The van der Waals surface area contributed by atoms with E-state index in [2.05, 4.69) is 5.32 Å². The molecule has 1 fully saturated rings. The Morgan fingerprint density at radius 1 is 1.24 bits per heavy atom. The first-order chi connectivity index (χ1) is 13.6. The van der Waals surface area contributed by atoms with Crippen LogP contribution >= 0.6 is 23.2 Å². The predicted molar refractivity (Wildman–Crippen MR) is 116 cm³/mol. The number of rotatable bonds is 2. The van der Waals surface area contributed by atoms with Crippen LogP contribution in [0, 0.1) is 0 Å². The van der Waals surface area contributed by atoms with Crippen molar-refractivity contribution in [3.8, 4) is 0 Å². The van der Waals surface area contributed by atoms with Crippen molar-refractivity contribution in [3.05, 3.63) is 27.7 Å². The quantitative estimate of drug-likeness (QED) is 0.693. The largest absolute Gasteiger partial charge is 0.444 e. The second-order valence-electron chi connectivity index (χ2n) is 8.73. The van der Waals surface area contributed by atoms with Crippen LogP contribution in [0.25, 0.3) is 0 Å². The van der Waals surface area contributed by atoms with Gasteiger partial charge in [0, 0.05) is 37.1 Å². The number of nitrogens with zero attached hydrogens (tertiary/aromatic N) is 2. The monoisotopic (exact) mass is 441 g/mol. The van der Waals surface area contributed by atoms with Gasteiger partial charge >= 0.3 is 6.09 Å². The fourth-order valence-electron chi connectivity index (χ4n) is 4.23. The normalized spacial score (nSPS) is 21.8. The van der Waals surface area contributed by atoms with Crippen molar-refractivity contribution in [1.29, 1.82) is 0 Å². The van der Waals surface area contributed by atoms with Crippen LogP contribution in [0.2, 0.25) is 10.0 Å². The molecule has 2 unspecified atom stereocenters. The van der Waals surface area contributed by atoms with Crippen molar-refractivity contribution in [2.24, 2.45) is 0 Å². The topological polar surface area (TPSA) is 61.9 Å². The Labute approximate surface area is 182 Å². The number of fused-ring (bicyclic) bond motifs is 1. The molecule has 2 aliphatic rings. The minimum absolute atomic E-state index is 0.0185. The molecular formula is C21H29Cl2N3O3. The number of carbonyl (C=O) groups is 2. The molecule has 2 heterocycles. The summed E-state index contributed by atoms with van der Waals surface area (Å²) in [5, 5.41) is 4.43. The van der Waals surface area contributed by atoms with E-state index in [0.717, 1.165) is 30.5 Å². The summed E-state index contributed by atoms with van der Waals surface area (Å²) in [6.45, 7) is 8.96. The summed E-state index contributed by atoms with van der Waals surface area (Å²) in [4.78, 5) is 28.9. The number of hydrogen-bond donors (Lipinski definition) is 1. The molecule has 2 amide bonds. The van der Waals surface area contributed by atoms with Crippen LogP contribution in [-0.4, -0.2) is 53.1 Å². The number of ether oxygens (including phenoxy) is 1. The number of nitrogens with one attached hydrogen (secondary N) is 1. The fourth-order valence-corrected chi connectivity index (χ4v) is 4.80. The van der Waals surface area contributed by atoms with E-state index in [4.69, 9.17) is 27.9 Å². The Bertz CT molecular complexity index is 794. The van der Waals surface area contributed by atoms with Gasteiger partial charge in [0.2, 0.25) is 5.91 Å². The molecule has 0 radical (unpaired) electrons. The minimum Gasteiger partial charge on any atom is -0.444 e. The second kappa shape index (κ2) is 8.60. The van der Waals surface area contributed by atoms with E-state index in [1.165, 1.54) is 0 Å². The maximum atomic E-state index is 12.7. The average molecular weight is 442 g/mol. The summed E-state index contributed by atoms with van der Waals surface area (Å²) >= 11 is 12.6. The lowest BCUT2D eigenvalue weighted by atomic mass is 9.93. The van der Waals surface area contributed by atoms with Crippen molar-refractivity contribution < 1.29 is 14.3 Å². The molecule has 1 aromatic rings. The summed E-state index contributed by atoms with van der Waals surface area (Å²) in [5.74, 6) is -0.0185. The Morgan fingerprint density at radius 3 is 2.62 bits per heavy atom. The van der Waals surface area contributed by atoms with Gasteiger partial charge in [-0.3, -0.25) is 4.79 Å². The van der Waals surface area contributed by atoms with Crippen LogP contribution in [-0.2, 0) is 9.53 Å². The van der Waals surface area contributed by atoms with Gasteiger partial charge < -0.3 is 19.9 Å². The summed E-state index contributed by atoms with van der Waals surface area (Å²) in [5.41, 5.74) is 1.21. The number of amides is 2. The Morgan fingerprint density at radius 2 is 1.97 bits per heavy atom. The number of hydrogen-bond acceptors (Lipinski definition) is 4. The van der Waals surface area contributed by atoms with E-state index in [1.807, 2.05) is 31.7 Å². The molecule has 0 saturated carbocycles. The van der Waals surface area contributed by atoms with Gasteiger partial charge in [-0.1, -0.05) is 23.2 Å². The standard InChI is InChI=1S/C21H29Cl2N3O3/c1-13(27)26(15-6-5-9-25(12-15)20(28)29-21(2,3)4)18-7-8-24-19-16(18)10-14(22)11-17(19)23/h10-11,15,18,24H,5-9,12H2,1-4H3. The zero-order chi connectivity index (χ0) is 21.3. The zero-order valence-corrected chi connectivity index (χ0v) is 18.9. The van der Waals surface area contributed by atoms with Gasteiger partial charge in [-0.15, -0.1) is 0 Å². The molecule has 8 heteroatoms. The van der Waals surface area contributed by atoms with Crippen molar-refractivity contribution in [2.75, 3.05) is 25.0 Å². The molecule has 2 aliphatic heterocycles. The van der Waals surface area contributed by atoms with E-state index >= 15 is 0 Å². The van der Waals surface area contributed by atoms with Crippen molar-refractivity contribution >= 4 is 40.9 Å². The third-order valence-corrected chi connectivity index (χ3v) is 5.82. The molecule has 0 spiro atoms. The van der Waals surface area contributed by atoms with Crippen LogP contribution in [0.1, 0.15) is 58.6 Å². The predicted octanol–water partition coefficient (Wildman–Crippen LogP) is 5.10. The molecular weight excluding hydrogens is 413 g/mol.